The summed E-state index contributed by atoms with van der Waals surface area (Å²) in [7, 11) is 0. The van der Waals surface area contributed by atoms with E-state index in [0.29, 0.717) is 13.2 Å². The normalized spacial score (nSPS) is 21.0. The highest BCUT2D eigenvalue weighted by atomic mass is 127. The Labute approximate surface area is 164 Å². The van der Waals surface area contributed by atoms with Crippen LogP contribution in [0.5, 0.6) is 0 Å². The molecule has 1 unspecified atom stereocenters. The minimum atomic E-state index is 0. The summed E-state index contributed by atoms with van der Waals surface area (Å²) in [6.07, 6.45) is 2.93. The standard InChI is InChI=1S/C17H36N4O2.HI/c1-4-10-21(6-3)11-9-19-16(18-5-2)20-14-17(7-12-22)8-13-23-15-17;/h22H,4-15H2,1-3H3,(H2,18,19,20);1H. The van der Waals surface area contributed by atoms with Crippen LogP contribution in [0.4, 0.5) is 0 Å². The molecule has 1 heterocycles. The highest BCUT2D eigenvalue weighted by Gasteiger charge is 2.34. The maximum atomic E-state index is 9.30. The molecule has 7 heteroatoms. The van der Waals surface area contributed by atoms with Crippen LogP contribution in [0.15, 0.2) is 4.99 Å². The van der Waals surface area contributed by atoms with E-state index in [9.17, 15) is 5.11 Å². The zero-order chi connectivity index (χ0) is 17.0. The van der Waals surface area contributed by atoms with Crippen LogP contribution < -0.4 is 10.6 Å². The van der Waals surface area contributed by atoms with Crippen LogP contribution in [0.1, 0.15) is 40.0 Å². The van der Waals surface area contributed by atoms with Crippen molar-refractivity contribution in [3.05, 3.63) is 0 Å². The molecule has 1 aliphatic heterocycles. The van der Waals surface area contributed by atoms with Crippen molar-refractivity contribution in [2.75, 3.05) is 59.1 Å². The summed E-state index contributed by atoms with van der Waals surface area (Å²) in [4.78, 5) is 7.18. The molecule has 1 fully saturated rings. The van der Waals surface area contributed by atoms with E-state index in [1.807, 2.05) is 0 Å². The lowest BCUT2D eigenvalue weighted by Crippen LogP contribution is -2.42. The summed E-state index contributed by atoms with van der Waals surface area (Å²) in [5, 5.41) is 16.0. The van der Waals surface area contributed by atoms with Gasteiger partial charge in [0.25, 0.3) is 0 Å². The molecule has 24 heavy (non-hydrogen) atoms. The summed E-state index contributed by atoms with van der Waals surface area (Å²) in [6.45, 7) is 13.9. The molecule has 0 aliphatic carbocycles. The number of guanidine groups is 1. The summed E-state index contributed by atoms with van der Waals surface area (Å²) in [5.41, 5.74) is 0.00870. The molecular formula is C17H37IN4O2. The smallest absolute Gasteiger partial charge is 0.191 e. The predicted octanol–water partition coefficient (Wildman–Crippen LogP) is 1.68. The molecule has 144 valence electrons. The second kappa shape index (κ2) is 14.1. The molecular weight excluding hydrogens is 419 g/mol. The topological polar surface area (TPSA) is 69.1 Å². The molecule has 0 aromatic heterocycles. The monoisotopic (exact) mass is 456 g/mol. The van der Waals surface area contributed by atoms with E-state index in [0.717, 1.165) is 58.1 Å². The van der Waals surface area contributed by atoms with E-state index < -0.39 is 0 Å². The fourth-order valence-corrected chi connectivity index (χ4v) is 2.95. The van der Waals surface area contributed by atoms with Gasteiger partial charge in [-0.05, 0) is 39.3 Å². The first-order valence-electron chi connectivity index (χ1n) is 9.12. The minimum Gasteiger partial charge on any atom is -0.396 e. The van der Waals surface area contributed by atoms with Gasteiger partial charge in [0.1, 0.15) is 0 Å². The van der Waals surface area contributed by atoms with Gasteiger partial charge in [-0.25, -0.2) is 0 Å². The van der Waals surface area contributed by atoms with E-state index in [4.69, 9.17) is 9.73 Å². The molecule has 1 saturated heterocycles. The summed E-state index contributed by atoms with van der Waals surface area (Å²) in [5.74, 6) is 0.865. The van der Waals surface area contributed by atoms with Gasteiger partial charge >= 0.3 is 0 Å². The fourth-order valence-electron chi connectivity index (χ4n) is 2.95. The van der Waals surface area contributed by atoms with Gasteiger partial charge < -0.3 is 25.4 Å². The lowest BCUT2D eigenvalue weighted by molar-refractivity contribution is 0.131. The number of hydrogen-bond acceptors (Lipinski definition) is 4. The number of rotatable bonds is 11. The molecule has 0 bridgehead atoms. The summed E-state index contributed by atoms with van der Waals surface area (Å²) >= 11 is 0. The first-order valence-corrected chi connectivity index (χ1v) is 9.12. The third kappa shape index (κ3) is 8.82. The lowest BCUT2D eigenvalue weighted by Gasteiger charge is -2.25. The third-order valence-corrected chi connectivity index (χ3v) is 4.45. The van der Waals surface area contributed by atoms with Crippen LogP contribution in [0.3, 0.4) is 0 Å². The van der Waals surface area contributed by atoms with E-state index in [1.54, 1.807) is 0 Å². The van der Waals surface area contributed by atoms with Gasteiger partial charge in [-0.15, -0.1) is 24.0 Å². The highest BCUT2D eigenvalue weighted by Crippen LogP contribution is 2.32. The predicted molar refractivity (Wildman–Crippen MR) is 111 cm³/mol. The van der Waals surface area contributed by atoms with Crippen molar-refractivity contribution in [3.63, 3.8) is 0 Å². The van der Waals surface area contributed by atoms with Crippen molar-refractivity contribution in [1.82, 2.24) is 15.5 Å². The molecule has 0 radical (unpaired) electrons. The number of aliphatic hydroxyl groups is 1. The van der Waals surface area contributed by atoms with Crippen molar-refractivity contribution in [1.29, 1.82) is 0 Å². The van der Waals surface area contributed by atoms with Gasteiger partial charge in [-0.2, -0.15) is 0 Å². The maximum absolute atomic E-state index is 9.30. The number of halogens is 1. The molecule has 1 rings (SSSR count). The fraction of sp³-hybridized carbons (Fsp3) is 0.941. The zero-order valence-corrected chi connectivity index (χ0v) is 18.0. The Balaban J connectivity index is 0.00000529. The van der Waals surface area contributed by atoms with Crippen molar-refractivity contribution < 1.29 is 9.84 Å². The Hall–Kier alpha value is -0.120. The van der Waals surface area contributed by atoms with Gasteiger partial charge in [0.15, 0.2) is 5.96 Å². The van der Waals surface area contributed by atoms with Crippen LogP contribution in [0, 0.1) is 5.41 Å². The number of nitrogens with zero attached hydrogens (tertiary/aromatic N) is 2. The highest BCUT2D eigenvalue weighted by molar-refractivity contribution is 14.0. The Morgan fingerprint density at radius 2 is 2.04 bits per heavy atom. The van der Waals surface area contributed by atoms with Crippen LogP contribution in [-0.4, -0.2) is 75.1 Å². The van der Waals surface area contributed by atoms with Crippen LogP contribution in [0.2, 0.25) is 0 Å². The van der Waals surface area contributed by atoms with E-state index >= 15 is 0 Å². The van der Waals surface area contributed by atoms with Crippen LogP contribution >= 0.6 is 24.0 Å². The molecule has 0 aromatic rings. The van der Waals surface area contributed by atoms with Crippen molar-refractivity contribution >= 4 is 29.9 Å². The van der Waals surface area contributed by atoms with Gasteiger partial charge in [0.05, 0.1) is 13.2 Å². The minimum absolute atomic E-state index is 0. The summed E-state index contributed by atoms with van der Waals surface area (Å²) in [6, 6.07) is 0. The lowest BCUT2D eigenvalue weighted by atomic mass is 9.84. The van der Waals surface area contributed by atoms with Crippen LogP contribution in [0.25, 0.3) is 0 Å². The molecule has 3 N–H and O–H groups in total. The number of nitrogens with one attached hydrogen (secondary N) is 2. The molecule has 0 saturated carbocycles. The quantitative estimate of drug-likeness (QED) is 0.251. The van der Waals surface area contributed by atoms with E-state index in [-0.39, 0.29) is 36.0 Å². The molecule has 0 amide bonds. The summed E-state index contributed by atoms with van der Waals surface area (Å²) < 4.78 is 5.53. The van der Waals surface area contributed by atoms with Gasteiger partial charge in [-0.1, -0.05) is 13.8 Å². The second-order valence-corrected chi connectivity index (χ2v) is 6.33. The molecule has 1 aliphatic rings. The van der Waals surface area contributed by atoms with Crippen molar-refractivity contribution in [2.45, 2.75) is 40.0 Å². The number of hydrogen-bond donors (Lipinski definition) is 3. The molecule has 0 aromatic carbocycles. The number of likely N-dealkylation sites (N-methyl/N-ethyl adjacent to an activating group) is 1. The van der Waals surface area contributed by atoms with Crippen LogP contribution in [-0.2, 0) is 4.74 Å². The molecule has 6 nitrogen and oxygen atoms in total. The third-order valence-electron chi connectivity index (χ3n) is 4.45. The maximum Gasteiger partial charge on any atom is 0.191 e. The number of aliphatic imine (C=N–C) groups is 1. The number of aliphatic hydroxyl groups excluding tert-OH is 1. The van der Waals surface area contributed by atoms with Gasteiger partial charge in [0, 0.05) is 38.3 Å². The van der Waals surface area contributed by atoms with Gasteiger partial charge in [0.2, 0.25) is 0 Å². The Morgan fingerprint density at radius 3 is 2.58 bits per heavy atom. The average molecular weight is 456 g/mol. The second-order valence-electron chi connectivity index (χ2n) is 6.33. The largest absolute Gasteiger partial charge is 0.396 e. The first kappa shape index (κ1) is 23.9. The molecule has 0 spiro atoms. The van der Waals surface area contributed by atoms with Gasteiger partial charge in [-0.3, -0.25) is 4.99 Å². The zero-order valence-electron chi connectivity index (χ0n) is 15.6. The van der Waals surface area contributed by atoms with E-state index in [1.165, 1.54) is 6.42 Å². The first-order chi connectivity index (χ1) is 11.2. The Bertz CT molecular complexity index is 337. The Morgan fingerprint density at radius 1 is 1.25 bits per heavy atom. The SMILES string of the molecule is CCCN(CC)CCNC(=NCC1(CCO)CCOC1)NCC.I. The average Bonchev–Trinajstić information content (AvgIpc) is 3.01. The van der Waals surface area contributed by atoms with E-state index in [2.05, 4.69) is 36.3 Å². The number of ether oxygens (including phenoxy) is 1. The molecule has 1 atom stereocenters. The Kier molecular flexibility index (Phi) is 14.0. The van der Waals surface area contributed by atoms with Crippen molar-refractivity contribution in [3.8, 4) is 0 Å². The van der Waals surface area contributed by atoms with Crippen molar-refractivity contribution in [2.24, 2.45) is 10.4 Å².